The van der Waals surface area contributed by atoms with Gasteiger partial charge in [0.05, 0.1) is 0 Å². The van der Waals surface area contributed by atoms with Crippen molar-refractivity contribution >= 4 is 11.9 Å². The van der Waals surface area contributed by atoms with Crippen LogP contribution in [0.25, 0.3) is 0 Å². The zero-order valence-corrected chi connectivity index (χ0v) is 14.8. The van der Waals surface area contributed by atoms with E-state index >= 15 is 0 Å². The minimum atomic E-state index is -0.0993. The number of carbonyl (C=O) groups is 2. The molecule has 6 nitrogen and oxygen atoms in total. The fourth-order valence-corrected chi connectivity index (χ4v) is 3.89. The van der Waals surface area contributed by atoms with Crippen LogP contribution < -0.4 is 21.7 Å². The number of rotatable bonds is 7. The lowest BCUT2D eigenvalue weighted by Crippen LogP contribution is -2.45. The van der Waals surface area contributed by atoms with Gasteiger partial charge in [0.1, 0.15) is 0 Å². The number of nitrogens with two attached hydrogens (primary N) is 1. The Hall–Kier alpha value is -1.30. The summed E-state index contributed by atoms with van der Waals surface area (Å²) in [4.78, 5) is 23.9. The van der Waals surface area contributed by atoms with Crippen molar-refractivity contribution in [1.29, 1.82) is 0 Å². The Morgan fingerprint density at radius 2 is 1.62 bits per heavy atom. The Labute approximate surface area is 145 Å². The Bertz CT molecular complexity index is 396. The minimum absolute atomic E-state index is 0.0786. The van der Waals surface area contributed by atoms with Gasteiger partial charge in [0.2, 0.25) is 5.91 Å². The fourth-order valence-electron chi connectivity index (χ4n) is 3.89. The van der Waals surface area contributed by atoms with Gasteiger partial charge in [0.25, 0.3) is 0 Å². The van der Waals surface area contributed by atoms with Crippen LogP contribution in [0.1, 0.15) is 70.6 Å². The molecule has 138 valence electrons. The molecule has 24 heavy (non-hydrogen) atoms. The first-order valence-corrected chi connectivity index (χ1v) is 9.73. The van der Waals surface area contributed by atoms with Crippen LogP contribution in [-0.2, 0) is 4.79 Å². The van der Waals surface area contributed by atoms with Gasteiger partial charge >= 0.3 is 6.03 Å². The predicted octanol–water partition coefficient (Wildman–Crippen LogP) is 2.03. The molecule has 2 unspecified atom stereocenters. The van der Waals surface area contributed by atoms with Gasteiger partial charge in [-0.25, -0.2) is 4.79 Å². The third-order valence-electron chi connectivity index (χ3n) is 5.36. The van der Waals surface area contributed by atoms with Crippen molar-refractivity contribution in [3.63, 3.8) is 0 Å². The van der Waals surface area contributed by atoms with Crippen molar-refractivity contribution in [2.45, 2.75) is 82.7 Å². The quantitative estimate of drug-likeness (QED) is 0.535. The van der Waals surface area contributed by atoms with Crippen molar-refractivity contribution in [3.05, 3.63) is 0 Å². The zero-order valence-electron chi connectivity index (χ0n) is 14.8. The smallest absolute Gasteiger partial charge is 0.315 e. The number of carbonyl (C=O) groups excluding carboxylic acids is 2. The normalized spacial score (nSPS) is 25.0. The molecular weight excluding hydrogens is 304 g/mol. The average molecular weight is 338 g/mol. The second kappa shape index (κ2) is 10.5. The van der Waals surface area contributed by atoms with Crippen LogP contribution in [0.5, 0.6) is 0 Å². The van der Waals surface area contributed by atoms with Gasteiger partial charge in [-0.1, -0.05) is 32.1 Å². The number of nitrogens with one attached hydrogen (secondary N) is 3. The maximum Gasteiger partial charge on any atom is 0.315 e. The summed E-state index contributed by atoms with van der Waals surface area (Å²) in [5, 5.41) is 9.01. The Morgan fingerprint density at radius 1 is 0.917 bits per heavy atom. The predicted molar refractivity (Wildman–Crippen MR) is 95.6 cm³/mol. The summed E-state index contributed by atoms with van der Waals surface area (Å²) in [5.74, 6) is 0.497. The Kier molecular flexibility index (Phi) is 8.36. The topological polar surface area (TPSA) is 96.2 Å². The van der Waals surface area contributed by atoms with E-state index in [2.05, 4.69) is 16.0 Å². The van der Waals surface area contributed by atoms with E-state index < -0.39 is 0 Å². The fraction of sp³-hybridized carbons (Fsp3) is 0.889. The first kappa shape index (κ1) is 19.0. The van der Waals surface area contributed by atoms with E-state index in [0.29, 0.717) is 37.9 Å². The van der Waals surface area contributed by atoms with E-state index in [1.165, 1.54) is 32.1 Å². The number of urea groups is 1. The van der Waals surface area contributed by atoms with E-state index in [1.54, 1.807) is 0 Å². The molecule has 5 N–H and O–H groups in total. The van der Waals surface area contributed by atoms with Gasteiger partial charge in [-0.05, 0) is 44.6 Å². The molecule has 0 heterocycles. The van der Waals surface area contributed by atoms with Crippen molar-refractivity contribution in [3.8, 4) is 0 Å². The lowest BCUT2D eigenvalue weighted by atomic mass is 9.84. The average Bonchev–Trinajstić information content (AvgIpc) is 2.60. The van der Waals surface area contributed by atoms with Gasteiger partial charge in [0.15, 0.2) is 0 Å². The van der Waals surface area contributed by atoms with Crippen molar-refractivity contribution < 1.29 is 9.59 Å². The van der Waals surface area contributed by atoms with Crippen LogP contribution in [0.4, 0.5) is 4.79 Å². The summed E-state index contributed by atoms with van der Waals surface area (Å²) in [5.41, 5.74) is 5.80. The monoisotopic (exact) mass is 338 g/mol. The molecule has 2 aliphatic rings. The van der Waals surface area contributed by atoms with Crippen LogP contribution in [-0.4, -0.2) is 37.1 Å². The number of hydrogen-bond donors (Lipinski definition) is 4. The van der Waals surface area contributed by atoms with Gasteiger partial charge in [0, 0.05) is 25.0 Å². The first-order chi connectivity index (χ1) is 11.7. The summed E-state index contributed by atoms with van der Waals surface area (Å²) < 4.78 is 0. The second-order valence-corrected chi connectivity index (χ2v) is 7.29. The SMILES string of the molecule is NCC1CCCCC1NC(=O)CCCNC(=O)NC1CCCCC1. The van der Waals surface area contributed by atoms with Gasteiger partial charge in [-0.2, -0.15) is 0 Å². The molecule has 0 aromatic carbocycles. The molecule has 0 aliphatic heterocycles. The number of amides is 3. The van der Waals surface area contributed by atoms with Gasteiger partial charge in [-0.15, -0.1) is 0 Å². The molecule has 0 radical (unpaired) electrons. The summed E-state index contributed by atoms with van der Waals surface area (Å²) >= 11 is 0. The van der Waals surface area contributed by atoms with E-state index in [0.717, 1.165) is 25.7 Å². The molecule has 0 bridgehead atoms. The van der Waals surface area contributed by atoms with Crippen LogP contribution >= 0.6 is 0 Å². The largest absolute Gasteiger partial charge is 0.353 e. The Balaban J connectivity index is 1.54. The van der Waals surface area contributed by atoms with E-state index in [1.807, 2.05) is 0 Å². The van der Waals surface area contributed by atoms with E-state index in [-0.39, 0.29) is 18.0 Å². The molecule has 3 amide bonds. The van der Waals surface area contributed by atoms with Crippen LogP contribution in [0.15, 0.2) is 0 Å². The molecule has 2 rings (SSSR count). The van der Waals surface area contributed by atoms with Gasteiger partial charge in [-0.3, -0.25) is 4.79 Å². The highest BCUT2D eigenvalue weighted by molar-refractivity contribution is 5.76. The maximum absolute atomic E-state index is 12.1. The summed E-state index contributed by atoms with van der Waals surface area (Å²) in [6.45, 7) is 1.19. The molecule has 6 heteroatoms. The highest BCUT2D eigenvalue weighted by atomic mass is 16.2. The minimum Gasteiger partial charge on any atom is -0.353 e. The van der Waals surface area contributed by atoms with Crippen LogP contribution in [0.2, 0.25) is 0 Å². The van der Waals surface area contributed by atoms with Crippen molar-refractivity contribution in [2.75, 3.05) is 13.1 Å². The molecule has 2 aliphatic carbocycles. The van der Waals surface area contributed by atoms with E-state index in [9.17, 15) is 9.59 Å². The summed E-state index contributed by atoms with van der Waals surface area (Å²) in [6.07, 6.45) is 11.5. The third-order valence-corrected chi connectivity index (χ3v) is 5.36. The first-order valence-electron chi connectivity index (χ1n) is 9.73. The molecule has 2 atom stereocenters. The van der Waals surface area contributed by atoms with E-state index in [4.69, 9.17) is 5.73 Å². The van der Waals surface area contributed by atoms with Crippen molar-refractivity contribution in [1.82, 2.24) is 16.0 Å². The molecule has 0 saturated heterocycles. The summed E-state index contributed by atoms with van der Waals surface area (Å²) in [7, 11) is 0. The number of hydrogen-bond acceptors (Lipinski definition) is 3. The molecule has 0 aromatic heterocycles. The van der Waals surface area contributed by atoms with Crippen molar-refractivity contribution in [2.24, 2.45) is 11.7 Å². The lowest BCUT2D eigenvalue weighted by molar-refractivity contribution is -0.122. The highest BCUT2D eigenvalue weighted by Crippen LogP contribution is 2.23. The van der Waals surface area contributed by atoms with Crippen LogP contribution in [0, 0.1) is 5.92 Å². The van der Waals surface area contributed by atoms with Crippen LogP contribution in [0.3, 0.4) is 0 Å². The standard InChI is InChI=1S/C18H34N4O2/c19-13-14-7-4-5-10-16(14)22-17(23)11-6-12-20-18(24)21-15-8-2-1-3-9-15/h14-16H,1-13,19H2,(H,22,23)(H2,20,21,24). The highest BCUT2D eigenvalue weighted by Gasteiger charge is 2.25. The summed E-state index contributed by atoms with van der Waals surface area (Å²) in [6, 6.07) is 0.457. The lowest BCUT2D eigenvalue weighted by Gasteiger charge is -2.31. The zero-order chi connectivity index (χ0) is 17.2. The second-order valence-electron chi connectivity index (χ2n) is 7.29. The molecule has 2 fully saturated rings. The molecule has 0 aromatic rings. The Morgan fingerprint density at radius 3 is 2.38 bits per heavy atom. The molecule has 0 spiro atoms. The molecular formula is C18H34N4O2. The molecule has 2 saturated carbocycles. The maximum atomic E-state index is 12.1. The van der Waals surface area contributed by atoms with Gasteiger partial charge < -0.3 is 21.7 Å². The third kappa shape index (κ3) is 6.67.